The van der Waals surface area contributed by atoms with Gasteiger partial charge in [-0.3, -0.25) is 14.4 Å². The highest BCUT2D eigenvalue weighted by Crippen LogP contribution is 1.98. The molecule has 0 aliphatic carbocycles. The third kappa shape index (κ3) is 4.97. The van der Waals surface area contributed by atoms with Crippen LogP contribution >= 0.6 is 0 Å². The van der Waals surface area contributed by atoms with Gasteiger partial charge in [0, 0.05) is 20.6 Å². The lowest BCUT2D eigenvalue weighted by atomic mass is 10.1. The number of likely N-dealkylation sites (N-methyl/N-ethyl adjacent to an activating group) is 1. The molecule has 0 bridgehead atoms. The molecular formula is C10H16N4O3. The summed E-state index contributed by atoms with van der Waals surface area (Å²) in [6.07, 6.45) is 0. The molecule has 0 aliphatic rings. The Morgan fingerprint density at radius 2 is 2.00 bits per heavy atom. The number of amides is 3. The lowest BCUT2D eigenvalue weighted by Crippen LogP contribution is -2.44. The zero-order chi connectivity index (χ0) is 13.4. The van der Waals surface area contributed by atoms with Gasteiger partial charge in [-0.1, -0.05) is 6.92 Å². The summed E-state index contributed by atoms with van der Waals surface area (Å²) in [5.41, 5.74) is 0. The Kier molecular flexibility index (Phi) is 6.33. The molecule has 0 aliphatic heterocycles. The maximum Gasteiger partial charge on any atom is 0.311 e. The first-order chi connectivity index (χ1) is 7.93. The molecule has 0 saturated heterocycles. The van der Waals surface area contributed by atoms with Crippen molar-refractivity contribution in [3.8, 4) is 6.07 Å². The van der Waals surface area contributed by atoms with Crippen molar-refractivity contribution in [2.75, 3.05) is 27.2 Å². The van der Waals surface area contributed by atoms with E-state index in [2.05, 4.69) is 10.6 Å². The van der Waals surface area contributed by atoms with Gasteiger partial charge in [-0.2, -0.15) is 5.26 Å². The quantitative estimate of drug-likeness (QED) is 0.459. The van der Waals surface area contributed by atoms with E-state index in [0.717, 1.165) is 4.90 Å². The molecule has 94 valence electrons. The normalized spacial score (nSPS) is 10.9. The summed E-state index contributed by atoms with van der Waals surface area (Å²) in [6.45, 7) is 1.57. The van der Waals surface area contributed by atoms with Gasteiger partial charge >= 0.3 is 11.8 Å². The van der Waals surface area contributed by atoms with Crippen molar-refractivity contribution < 1.29 is 14.4 Å². The van der Waals surface area contributed by atoms with Gasteiger partial charge in [0.25, 0.3) is 0 Å². The van der Waals surface area contributed by atoms with E-state index in [-0.39, 0.29) is 19.0 Å². The van der Waals surface area contributed by atoms with Gasteiger partial charge in [0.05, 0.1) is 12.0 Å². The maximum absolute atomic E-state index is 11.5. The summed E-state index contributed by atoms with van der Waals surface area (Å²) in [4.78, 5) is 35.0. The number of nitriles is 1. The fourth-order valence-corrected chi connectivity index (χ4v) is 1.19. The zero-order valence-corrected chi connectivity index (χ0v) is 10.1. The third-order valence-electron chi connectivity index (χ3n) is 2.11. The van der Waals surface area contributed by atoms with Crippen LogP contribution in [0.3, 0.4) is 0 Å². The van der Waals surface area contributed by atoms with Crippen LogP contribution in [0.2, 0.25) is 0 Å². The summed E-state index contributed by atoms with van der Waals surface area (Å²) in [5.74, 6) is -2.23. The molecule has 17 heavy (non-hydrogen) atoms. The van der Waals surface area contributed by atoms with E-state index in [1.165, 1.54) is 14.1 Å². The van der Waals surface area contributed by atoms with Crippen molar-refractivity contribution >= 4 is 17.7 Å². The summed E-state index contributed by atoms with van der Waals surface area (Å²) in [5, 5.41) is 12.8. The molecule has 1 atom stereocenters. The van der Waals surface area contributed by atoms with Crippen LogP contribution in [0.4, 0.5) is 0 Å². The number of nitrogens with zero attached hydrogens (tertiary/aromatic N) is 2. The number of carbonyl (C=O) groups excluding carboxylic acids is 3. The van der Waals surface area contributed by atoms with Crippen molar-refractivity contribution in [2.45, 2.75) is 6.92 Å². The minimum absolute atomic E-state index is 0.137. The molecule has 0 aromatic carbocycles. The van der Waals surface area contributed by atoms with Crippen LogP contribution in [0.5, 0.6) is 0 Å². The molecule has 7 heteroatoms. The van der Waals surface area contributed by atoms with E-state index >= 15 is 0 Å². The monoisotopic (exact) mass is 240 g/mol. The minimum Gasteiger partial charge on any atom is -0.359 e. The first-order valence-corrected chi connectivity index (χ1v) is 5.05. The molecule has 0 spiro atoms. The Hall–Kier alpha value is -2.10. The Bertz CT molecular complexity index is 348. The van der Waals surface area contributed by atoms with Crippen molar-refractivity contribution in [1.29, 1.82) is 5.26 Å². The molecule has 0 fully saturated rings. The third-order valence-corrected chi connectivity index (χ3v) is 2.11. The zero-order valence-electron chi connectivity index (χ0n) is 10.1. The van der Waals surface area contributed by atoms with Crippen LogP contribution in [0.1, 0.15) is 6.92 Å². The molecular weight excluding hydrogens is 224 g/mol. The molecule has 7 nitrogen and oxygen atoms in total. The Labute approximate surface area is 99.8 Å². The Morgan fingerprint density at radius 3 is 2.47 bits per heavy atom. The van der Waals surface area contributed by atoms with Gasteiger partial charge < -0.3 is 15.5 Å². The molecule has 0 radical (unpaired) electrons. The first kappa shape index (κ1) is 14.9. The van der Waals surface area contributed by atoms with E-state index in [0.29, 0.717) is 0 Å². The molecule has 2 N–H and O–H groups in total. The Balaban J connectivity index is 4.27. The van der Waals surface area contributed by atoms with Gasteiger partial charge in [0.1, 0.15) is 6.54 Å². The summed E-state index contributed by atoms with van der Waals surface area (Å²) >= 11 is 0. The highest BCUT2D eigenvalue weighted by molar-refractivity contribution is 6.35. The van der Waals surface area contributed by atoms with E-state index in [4.69, 9.17) is 5.26 Å². The molecule has 0 aromatic heterocycles. The fourth-order valence-electron chi connectivity index (χ4n) is 1.19. The van der Waals surface area contributed by atoms with Gasteiger partial charge in [0.2, 0.25) is 5.91 Å². The maximum atomic E-state index is 11.5. The molecule has 0 aromatic rings. The summed E-state index contributed by atoms with van der Waals surface area (Å²) < 4.78 is 0. The van der Waals surface area contributed by atoms with Crippen LogP contribution < -0.4 is 10.6 Å². The van der Waals surface area contributed by atoms with E-state index in [9.17, 15) is 14.4 Å². The lowest BCUT2D eigenvalue weighted by molar-refractivity contribution is -0.145. The van der Waals surface area contributed by atoms with Gasteiger partial charge in [-0.05, 0) is 0 Å². The van der Waals surface area contributed by atoms with Crippen LogP contribution in [0.15, 0.2) is 0 Å². The molecule has 1 unspecified atom stereocenters. The number of carbonyl (C=O) groups is 3. The second-order valence-electron chi connectivity index (χ2n) is 3.54. The van der Waals surface area contributed by atoms with Crippen molar-refractivity contribution in [3.05, 3.63) is 0 Å². The largest absolute Gasteiger partial charge is 0.359 e. The smallest absolute Gasteiger partial charge is 0.311 e. The predicted molar refractivity (Wildman–Crippen MR) is 59.5 cm³/mol. The van der Waals surface area contributed by atoms with Crippen LogP contribution in [-0.2, 0) is 14.4 Å². The van der Waals surface area contributed by atoms with Crippen LogP contribution in [-0.4, -0.2) is 49.8 Å². The highest BCUT2D eigenvalue weighted by Gasteiger charge is 2.21. The molecule has 0 rings (SSSR count). The number of rotatable bonds is 4. The van der Waals surface area contributed by atoms with E-state index < -0.39 is 17.7 Å². The van der Waals surface area contributed by atoms with E-state index in [1.807, 2.05) is 0 Å². The Morgan fingerprint density at radius 1 is 1.41 bits per heavy atom. The van der Waals surface area contributed by atoms with Gasteiger partial charge in [0.15, 0.2) is 0 Å². The number of hydrogen-bond donors (Lipinski definition) is 2. The van der Waals surface area contributed by atoms with Gasteiger partial charge in [-0.15, -0.1) is 0 Å². The molecule has 0 saturated carbocycles. The van der Waals surface area contributed by atoms with E-state index in [1.54, 1.807) is 13.0 Å². The average Bonchev–Trinajstić information content (AvgIpc) is 2.33. The number of nitrogens with one attached hydrogen (secondary N) is 2. The minimum atomic E-state index is -0.849. The van der Waals surface area contributed by atoms with Crippen molar-refractivity contribution in [3.63, 3.8) is 0 Å². The van der Waals surface area contributed by atoms with Crippen molar-refractivity contribution in [1.82, 2.24) is 15.5 Å². The summed E-state index contributed by atoms with van der Waals surface area (Å²) in [6, 6.07) is 1.69. The van der Waals surface area contributed by atoms with Crippen LogP contribution in [0.25, 0.3) is 0 Å². The second kappa shape index (κ2) is 7.22. The van der Waals surface area contributed by atoms with Crippen LogP contribution in [0, 0.1) is 17.2 Å². The topological polar surface area (TPSA) is 102 Å². The average molecular weight is 240 g/mol. The van der Waals surface area contributed by atoms with Crippen molar-refractivity contribution in [2.24, 2.45) is 5.92 Å². The van der Waals surface area contributed by atoms with Gasteiger partial charge in [-0.25, -0.2) is 0 Å². The standard InChI is InChI=1S/C10H16N4O3/c1-7(8(15)12-2)6-14(3)10(17)9(16)13-5-4-11/h7H,5-6H2,1-3H3,(H,12,15)(H,13,16). The molecule has 3 amide bonds. The highest BCUT2D eigenvalue weighted by atomic mass is 16.2. The lowest BCUT2D eigenvalue weighted by Gasteiger charge is -2.19. The predicted octanol–water partition coefficient (Wildman–Crippen LogP) is -1.53. The second-order valence-corrected chi connectivity index (χ2v) is 3.54. The molecule has 0 heterocycles. The summed E-state index contributed by atoms with van der Waals surface area (Å²) in [7, 11) is 2.92. The SMILES string of the molecule is CNC(=O)C(C)CN(C)C(=O)C(=O)NCC#N. The fraction of sp³-hybridized carbons (Fsp3) is 0.600. The first-order valence-electron chi connectivity index (χ1n) is 5.05. The number of hydrogen-bond acceptors (Lipinski definition) is 4.